The highest BCUT2D eigenvalue weighted by atomic mass is 16.5. The molecule has 0 spiro atoms. The van der Waals surface area contributed by atoms with Gasteiger partial charge in [-0.25, -0.2) is 0 Å². The maximum atomic E-state index is 12.1. The Kier molecular flexibility index (Phi) is 3.14. The molecule has 0 aromatic carbocycles. The fourth-order valence-corrected chi connectivity index (χ4v) is 2.09. The van der Waals surface area contributed by atoms with Gasteiger partial charge in [-0.15, -0.1) is 0 Å². The van der Waals surface area contributed by atoms with Gasteiger partial charge in [-0.05, 0) is 25.2 Å². The molecule has 0 aromatic rings. The quantitative estimate of drug-likeness (QED) is 0.759. The summed E-state index contributed by atoms with van der Waals surface area (Å²) < 4.78 is 5.38. The lowest BCUT2D eigenvalue weighted by atomic mass is 10.0. The Morgan fingerprint density at radius 2 is 2.06 bits per heavy atom. The molecule has 16 heavy (non-hydrogen) atoms. The van der Waals surface area contributed by atoms with E-state index < -0.39 is 12.1 Å². The third-order valence-corrected chi connectivity index (χ3v) is 3.21. The molecular weight excluding hydrogens is 210 g/mol. The number of hydrogen-bond acceptors (Lipinski definition) is 3. The van der Waals surface area contributed by atoms with Gasteiger partial charge in [0.25, 0.3) is 5.91 Å². The summed E-state index contributed by atoms with van der Waals surface area (Å²) in [4.78, 5) is 24.3. The first-order chi connectivity index (χ1) is 7.59. The Labute approximate surface area is 94.4 Å². The van der Waals surface area contributed by atoms with Crippen molar-refractivity contribution in [3.63, 3.8) is 0 Å². The molecule has 1 aliphatic carbocycles. The minimum absolute atomic E-state index is 0.125. The molecule has 0 radical (unpaired) electrons. The zero-order valence-corrected chi connectivity index (χ0v) is 9.39. The fraction of sp³-hybridized carbons (Fsp3) is 0.818. The Balaban J connectivity index is 2.01. The van der Waals surface area contributed by atoms with E-state index in [1.807, 2.05) is 6.92 Å². The Morgan fingerprint density at radius 3 is 2.50 bits per heavy atom. The van der Waals surface area contributed by atoms with Gasteiger partial charge < -0.3 is 14.7 Å². The number of ether oxygens (including phenoxy) is 1. The van der Waals surface area contributed by atoms with E-state index in [1.165, 1.54) is 4.90 Å². The average molecular weight is 227 g/mol. The van der Waals surface area contributed by atoms with Crippen LogP contribution in [0.15, 0.2) is 0 Å². The first-order valence-electron chi connectivity index (χ1n) is 5.73. The molecule has 2 fully saturated rings. The molecule has 2 aliphatic rings. The SMILES string of the molecule is CC1CCOC1C(=O)N(CC(=O)O)C1CC1. The predicted octanol–water partition coefficient (Wildman–Crippen LogP) is 0.487. The summed E-state index contributed by atoms with van der Waals surface area (Å²) in [6, 6.07) is 0.125. The molecule has 90 valence electrons. The van der Waals surface area contributed by atoms with Crippen LogP contribution in [-0.4, -0.2) is 47.2 Å². The van der Waals surface area contributed by atoms with E-state index in [2.05, 4.69) is 0 Å². The second-order valence-corrected chi connectivity index (χ2v) is 4.65. The second kappa shape index (κ2) is 4.41. The van der Waals surface area contributed by atoms with Crippen molar-refractivity contribution in [2.45, 2.75) is 38.3 Å². The minimum atomic E-state index is -0.953. The molecule has 2 unspecified atom stereocenters. The zero-order valence-electron chi connectivity index (χ0n) is 9.39. The van der Waals surface area contributed by atoms with E-state index >= 15 is 0 Å². The highest BCUT2D eigenvalue weighted by molar-refractivity contribution is 5.85. The normalized spacial score (nSPS) is 29.1. The van der Waals surface area contributed by atoms with Crippen molar-refractivity contribution in [3.8, 4) is 0 Å². The molecule has 2 rings (SSSR count). The third kappa shape index (κ3) is 2.35. The minimum Gasteiger partial charge on any atom is -0.480 e. The van der Waals surface area contributed by atoms with Crippen molar-refractivity contribution < 1.29 is 19.4 Å². The molecular formula is C11H17NO4. The molecule has 1 N–H and O–H groups in total. The summed E-state index contributed by atoms with van der Waals surface area (Å²) in [5.74, 6) is -0.900. The first kappa shape index (κ1) is 11.4. The van der Waals surface area contributed by atoms with Crippen LogP contribution in [0.5, 0.6) is 0 Å². The summed E-state index contributed by atoms with van der Waals surface area (Å²) in [6.07, 6.45) is 2.28. The van der Waals surface area contributed by atoms with Gasteiger partial charge in [-0.1, -0.05) is 6.92 Å². The van der Waals surface area contributed by atoms with Crippen LogP contribution < -0.4 is 0 Å². The second-order valence-electron chi connectivity index (χ2n) is 4.65. The highest BCUT2D eigenvalue weighted by Crippen LogP contribution is 2.30. The number of nitrogens with zero attached hydrogens (tertiary/aromatic N) is 1. The molecule has 0 aromatic heterocycles. The van der Waals surface area contributed by atoms with E-state index in [9.17, 15) is 9.59 Å². The van der Waals surface area contributed by atoms with Crippen LogP contribution in [-0.2, 0) is 14.3 Å². The van der Waals surface area contributed by atoms with Crippen LogP contribution in [0, 0.1) is 5.92 Å². The lowest BCUT2D eigenvalue weighted by Crippen LogP contribution is -2.45. The number of hydrogen-bond donors (Lipinski definition) is 1. The number of aliphatic carboxylic acids is 1. The van der Waals surface area contributed by atoms with Gasteiger partial charge in [0.1, 0.15) is 12.6 Å². The monoisotopic (exact) mass is 227 g/mol. The van der Waals surface area contributed by atoms with Gasteiger partial charge in [-0.2, -0.15) is 0 Å². The Bertz CT molecular complexity index is 300. The standard InChI is InChI=1S/C11H17NO4/c1-7-4-5-16-10(7)11(15)12(6-9(13)14)8-2-3-8/h7-8,10H,2-6H2,1H3,(H,13,14). The number of rotatable bonds is 4. The average Bonchev–Trinajstić information content (AvgIpc) is 2.97. The highest BCUT2D eigenvalue weighted by Gasteiger charge is 2.40. The topological polar surface area (TPSA) is 66.8 Å². The van der Waals surface area contributed by atoms with Crippen molar-refractivity contribution in [1.82, 2.24) is 4.90 Å². The molecule has 1 aliphatic heterocycles. The Morgan fingerprint density at radius 1 is 1.38 bits per heavy atom. The van der Waals surface area contributed by atoms with Crippen molar-refractivity contribution in [2.24, 2.45) is 5.92 Å². The number of carboxylic acids is 1. The maximum absolute atomic E-state index is 12.1. The van der Waals surface area contributed by atoms with Crippen LogP contribution in [0.25, 0.3) is 0 Å². The van der Waals surface area contributed by atoms with E-state index in [0.717, 1.165) is 19.3 Å². The van der Waals surface area contributed by atoms with Crippen LogP contribution >= 0.6 is 0 Å². The number of carbonyl (C=O) groups excluding carboxylic acids is 1. The van der Waals surface area contributed by atoms with Gasteiger partial charge in [-0.3, -0.25) is 9.59 Å². The fourth-order valence-electron chi connectivity index (χ4n) is 2.09. The largest absolute Gasteiger partial charge is 0.480 e. The summed E-state index contributed by atoms with van der Waals surface area (Å²) in [7, 11) is 0. The smallest absolute Gasteiger partial charge is 0.323 e. The van der Waals surface area contributed by atoms with Crippen LogP contribution in [0.1, 0.15) is 26.2 Å². The summed E-state index contributed by atoms with van der Waals surface area (Å²) in [6.45, 7) is 2.38. The van der Waals surface area contributed by atoms with Crippen molar-refractivity contribution >= 4 is 11.9 Å². The molecule has 5 nitrogen and oxygen atoms in total. The molecule has 1 saturated heterocycles. The number of carboxylic acid groups (broad SMARTS) is 1. The van der Waals surface area contributed by atoms with E-state index in [0.29, 0.717) is 6.61 Å². The van der Waals surface area contributed by atoms with Crippen molar-refractivity contribution in [3.05, 3.63) is 0 Å². The lowest BCUT2D eigenvalue weighted by Gasteiger charge is -2.25. The number of amides is 1. The van der Waals surface area contributed by atoms with E-state index in [1.54, 1.807) is 0 Å². The van der Waals surface area contributed by atoms with Gasteiger partial charge in [0.2, 0.25) is 0 Å². The van der Waals surface area contributed by atoms with Gasteiger partial charge in [0.05, 0.1) is 0 Å². The maximum Gasteiger partial charge on any atom is 0.323 e. The van der Waals surface area contributed by atoms with Crippen molar-refractivity contribution in [1.29, 1.82) is 0 Å². The van der Waals surface area contributed by atoms with Crippen LogP contribution in [0.4, 0.5) is 0 Å². The molecule has 5 heteroatoms. The molecule has 1 amide bonds. The molecule has 0 bridgehead atoms. The predicted molar refractivity (Wildman–Crippen MR) is 55.9 cm³/mol. The third-order valence-electron chi connectivity index (χ3n) is 3.21. The van der Waals surface area contributed by atoms with Crippen molar-refractivity contribution in [2.75, 3.05) is 13.2 Å². The summed E-state index contributed by atoms with van der Waals surface area (Å²) >= 11 is 0. The number of carbonyl (C=O) groups is 2. The molecule has 1 saturated carbocycles. The van der Waals surface area contributed by atoms with Gasteiger partial charge in [0.15, 0.2) is 0 Å². The van der Waals surface area contributed by atoms with Gasteiger partial charge >= 0.3 is 5.97 Å². The van der Waals surface area contributed by atoms with E-state index in [-0.39, 0.29) is 24.4 Å². The molecule has 1 heterocycles. The zero-order chi connectivity index (χ0) is 11.7. The first-order valence-corrected chi connectivity index (χ1v) is 5.73. The van der Waals surface area contributed by atoms with Crippen LogP contribution in [0.2, 0.25) is 0 Å². The summed E-state index contributed by atoms with van der Waals surface area (Å²) in [5.41, 5.74) is 0. The van der Waals surface area contributed by atoms with Crippen LogP contribution in [0.3, 0.4) is 0 Å². The Hall–Kier alpha value is -1.10. The van der Waals surface area contributed by atoms with Gasteiger partial charge in [0, 0.05) is 12.6 Å². The molecule has 2 atom stereocenters. The van der Waals surface area contributed by atoms with E-state index in [4.69, 9.17) is 9.84 Å². The lowest BCUT2D eigenvalue weighted by molar-refractivity contribution is -0.150. The summed E-state index contributed by atoms with van der Waals surface area (Å²) in [5, 5.41) is 8.78.